The quantitative estimate of drug-likeness (QED) is 0.797. The second-order valence-corrected chi connectivity index (χ2v) is 6.47. The molecule has 0 saturated carbocycles. The molecule has 0 bridgehead atoms. The number of rotatable bonds is 4. The topological polar surface area (TPSA) is 41.0 Å². The third-order valence-electron chi connectivity index (χ3n) is 3.99. The fourth-order valence-electron chi connectivity index (χ4n) is 2.71. The molecule has 0 atom stereocenters. The predicted molar refractivity (Wildman–Crippen MR) is 86.6 cm³/mol. The molecule has 0 radical (unpaired) electrons. The highest BCUT2D eigenvalue weighted by Crippen LogP contribution is 2.30. The van der Waals surface area contributed by atoms with Gasteiger partial charge in [-0.05, 0) is 29.6 Å². The SMILES string of the molecule is Fc1ccc(F)c(CNC2CN(c3ncnc4ccsc34)C2)c1. The van der Waals surface area contributed by atoms with Crippen LogP contribution in [-0.2, 0) is 6.54 Å². The first-order valence-corrected chi connectivity index (χ1v) is 8.19. The molecule has 1 saturated heterocycles. The van der Waals surface area contributed by atoms with Crippen LogP contribution < -0.4 is 10.2 Å². The number of hydrogen-bond donors (Lipinski definition) is 1. The lowest BCUT2D eigenvalue weighted by molar-refractivity contribution is 0.412. The molecule has 118 valence electrons. The highest BCUT2D eigenvalue weighted by molar-refractivity contribution is 7.17. The first kappa shape index (κ1) is 14.5. The van der Waals surface area contributed by atoms with Crippen LogP contribution in [0.5, 0.6) is 0 Å². The summed E-state index contributed by atoms with van der Waals surface area (Å²) in [5.74, 6) is 0.144. The Balaban J connectivity index is 1.38. The van der Waals surface area contributed by atoms with E-state index in [0.717, 1.165) is 41.3 Å². The summed E-state index contributed by atoms with van der Waals surface area (Å²) >= 11 is 1.63. The highest BCUT2D eigenvalue weighted by atomic mass is 32.1. The van der Waals surface area contributed by atoms with Gasteiger partial charge in [-0.1, -0.05) is 0 Å². The summed E-state index contributed by atoms with van der Waals surface area (Å²) in [6.45, 7) is 1.90. The molecule has 23 heavy (non-hydrogen) atoms. The first-order chi connectivity index (χ1) is 11.2. The van der Waals surface area contributed by atoms with Crippen LogP contribution in [0.25, 0.3) is 10.2 Å². The van der Waals surface area contributed by atoms with Gasteiger partial charge in [0.05, 0.1) is 10.2 Å². The van der Waals surface area contributed by atoms with E-state index in [1.165, 1.54) is 6.07 Å². The fourth-order valence-corrected chi connectivity index (χ4v) is 3.58. The number of halogens is 2. The van der Waals surface area contributed by atoms with E-state index in [9.17, 15) is 8.78 Å². The third kappa shape index (κ3) is 2.77. The lowest BCUT2D eigenvalue weighted by atomic mass is 10.1. The maximum atomic E-state index is 13.6. The number of nitrogens with one attached hydrogen (secondary N) is 1. The molecule has 0 unspecified atom stereocenters. The molecule has 0 aliphatic carbocycles. The zero-order valence-electron chi connectivity index (χ0n) is 12.2. The standard InChI is InChI=1S/C16H14F2N4S/c17-11-1-2-13(18)10(5-11)6-19-12-7-22(8-12)16-15-14(3-4-23-15)20-9-21-16/h1-5,9,12,19H,6-8H2. The van der Waals surface area contributed by atoms with Crippen molar-refractivity contribution in [3.05, 3.63) is 53.2 Å². The summed E-state index contributed by atoms with van der Waals surface area (Å²) in [5, 5.41) is 5.26. The van der Waals surface area contributed by atoms with Gasteiger partial charge in [-0.15, -0.1) is 11.3 Å². The van der Waals surface area contributed by atoms with Gasteiger partial charge < -0.3 is 10.2 Å². The van der Waals surface area contributed by atoms with Crippen LogP contribution in [-0.4, -0.2) is 29.1 Å². The van der Waals surface area contributed by atoms with Gasteiger partial charge in [-0.3, -0.25) is 0 Å². The zero-order valence-corrected chi connectivity index (χ0v) is 13.0. The molecule has 1 fully saturated rings. The van der Waals surface area contributed by atoms with Crippen LogP contribution >= 0.6 is 11.3 Å². The minimum Gasteiger partial charge on any atom is -0.352 e. The Morgan fingerprint density at radius 3 is 2.96 bits per heavy atom. The molecule has 3 heterocycles. The molecule has 1 aromatic carbocycles. The summed E-state index contributed by atoms with van der Waals surface area (Å²) in [5.41, 5.74) is 1.31. The maximum Gasteiger partial charge on any atom is 0.150 e. The van der Waals surface area contributed by atoms with Crippen LogP contribution in [0, 0.1) is 11.6 Å². The summed E-state index contributed by atoms with van der Waals surface area (Å²) < 4.78 is 27.8. The Labute approximate surface area is 135 Å². The number of hydrogen-bond acceptors (Lipinski definition) is 5. The largest absolute Gasteiger partial charge is 0.352 e. The Hall–Kier alpha value is -2.12. The minimum atomic E-state index is -0.417. The van der Waals surface area contributed by atoms with Gasteiger partial charge in [0.25, 0.3) is 0 Å². The Kier molecular flexibility index (Phi) is 3.66. The van der Waals surface area contributed by atoms with Gasteiger partial charge in [-0.2, -0.15) is 0 Å². The van der Waals surface area contributed by atoms with Crippen molar-refractivity contribution < 1.29 is 8.78 Å². The van der Waals surface area contributed by atoms with Crippen LogP contribution in [0.3, 0.4) is 0 Å². The third-order valence-corrected chi connectivity index (χ3v) is 4.89. The molecule has 1 N–H and O–H groups in total. The number of anilines is 1. The molecule has 0 amide bonds. The van der Waals surface area contributed by atoms with Crippen LogP contribution in [0.4, 0.5) is 14.6 Å². The second-order valence-electron chi connectivity index (χ2n) is 5.55. The summed E-state index contributed by atoms with van der Waals surface area (Å²) in [6.07, 6.45) is 1.58. The molecular weight excluding hydrogens is 318 g/mol. The van der Waals surface area contributed by atoms with Crippen LogP contribution in [0.15, 0.2) is 36.0 Å². The fraction of sp³-hybridized carbons (Fsp3) is 0.250. The van der Waals surface area contributed by atoms with E-state index in [4.69, 9.17) is 0 Å². The molecule has 1 aliphatic rings. The molecule has 4 nitrogen and oxygen atoms in total. The van der Waals surface area contributed by atoms with Gasteiger partial charge in [0.1, 0.15) is 23.8 Å². The average molecular weight is 332 g/mol. The first-order valence-electron chi connectivity index (χ1n) is 7.31. The van der Waals surface area contributed by atoms with E-state index in [1.54, 1.807) is 17.7 Å². The van der Waals surface area contributed by atoms with E-state index in [-0.39, 0.29) is 11.9 Å². The molecule has 2 aromatic heterocycles. The van der Waals surface area contributed by atoms with Crippen molar-refractivity contribution in [2.75, 3.05) is 18.0 Å². The van der Waals surface area contributed by atoms with Crippen molar-refractivity contribution in [2.24, 2.45) is 0 Å². The maximum absolute atomic E-state index is 13.6. The van der Waals surface area contributed by atoms with Crippen molar-refractivity contribution >= 4 is 27.4 Å². The van der Waals surface area contributed by atoms with E-state index < -0.39 is 5.82 Å². The number of nitrogens with zero attached hydrogens (tertiary/aromatic N) is 3. The van der Waals surface area contributed by atoms with E-state index in [1.807, 2.05) is 11.4 Å². The highest BCUT2D eigenvalue weighted by Gasteiger charge is 2.29. The summed E-state index contributed by atoms with van der Waals surface area (Å²) in [7, 11) is 0. The van der Waals surface area contributed by atoms with Gasteiger partial charge in [-0.25, -0.2) is 18.7 Å². The second kappa shape index (κ2) is 5.82. The van der Waals surface area contributed by atoms with E-state index >= 15 is 0 Å². The van der Waals surface area contributed by atoms with Gasteiger partial charge in [0.2, 0.25) is 0 Å². The zero-order chi connectivity index (χ0) is 15.8. The van der Waals surface area contributed by atoms with Crippen molar-refractivity contribution in [2.45, 2.75) is 12.6 Å². The summed E-state index contributed by atoms with van der Waals surface area (Å²) in [4.78, 5) is 10.8. The molecule has 1 aliphatic heterocycles. The van der Waals surface area contributed by atoms with Crippen molar-refractivity contribution in [1.82, 2.24) is 15.3 Å². The molecule has 3 aromatic rings. The van der Waals surface area contributed by atoms with Crippen molar-refractivity contribution in [3.63, 3.8) is 0 Å². The monoisotopic (exact) mass is 332 g/mol. The predicted octanol–water partition coefficient (Wildman–Crippen LogP) is 2.95. The van der Waals surface area contributed by atoms with Crippen molar-refractivity contribution in [1.29, 1.82) is 0 Å². The van der Waals surface area contributed by atoms with Crippen molar-refractivity contribution in [3.8, 4) is 0 Å². The number of fused-ring (bicyclic) bond motifs is 1. The van der Waals surface area contributed by atoms with Crippen LogP contribution in [0.1, 0.15) is 5.56 Å². The van der Waals surface area contributed by atoms with Crippen LogP contribution in [0.2, 0.25) is 0 Å². The Morgan fingerprint density at radius 1 is 1.22 bits per heavy atom. The number of benzene rings is 1. The van der Waals surface area contributed by atoms with Gasteiger partial charge in [0, 0.05) is 31.2 Å². The van der Waals surface area contributed by atoms with Gasteiger partial charge in [0.15, 0.2) is 0 Å². The van der Waals surface area contributed by atoms with Gasteiger partial charge >= 0.3 is 0 Å². The van der Waals surface area contributed by atoms with E-state index in [0.29, 0.717) is 12.1 Å². The lowest BCUT2D eigenvalue weighted by Crippen LogP contribution is -2.58. The van der Waals surface area contributed by atoms with E-state index in [2.05, 4.69) is 20.2 Å². The molecule has 0 spiro atoms. The minimum absolute atomic E-state index is 0.239. The summed E-state index contributed by atoms with van der Waals surface area (Å²) in [6, 6.07) is 5.74. The Bertz CT molecular complexity index is 845. The molecule has 7 heteroatoms. The smallest absolute Gasteiger partial charge is 0.150 e. The molecule has 4 rings (SSSR count). The molecular formula is C16H14F2N4S. The number of aromatic nitrogens is 2. The lowest BCUT2D eigenvalue weighted by Gasteiger charge is -2.40. The Morgan fingerprint density at radius 2 is 2.09 bits per heavy atom. The average Bonchev–Trinajstić information content (AvgIpc) is 2.98. The number of thiophene rings is 1. The normalized spacial score (nSPS) is 15.1.